The normalized spacial score (nSPS) is 16.3. The fourth-order valence-corrected chi connectivity index (χ4v) is 4.70. The number of nitrogens with zero attached hydrogens (tertiary/aromatic N) is 2. The number of amides is 5. The van der Waals surface area contributed by atoms with E-state index in [4.69, 9.17) is 21.7 Å². The maximum absolute atomic E-state index is 13.6. The van der Waals surface area contributed by atoms with E-state index < -0.39 is 78.6 Å². The average molecular weight is 617 g/mol. The van der Waals surface area contributed by atoms with Crippen LogP contribution in [-0.2, 0) is 33.6 Å². The Labute approximate surface area is 247 Å². The second kappa shape index (κ2) is 18.4. The Morgan fingerprint density at radius 2 is 1.64 bits per heavy atom. The molecule has 0 aromatic carbocycles. The van der Waals surface area contributed by atoms with Crippen molar-refractivity contribution in [2.45, 2.75) is 69.6 Å². The first-order chi connectivity index (χ1) is 19.8. The molecule has 0 radical (unpaired) electrons. The predicted molar refractivity (Wildman–Crippen MR) is 152 cm³/mol. The number of carboxylic acid groups (broad SMARTS) is 2. The number of nitrogens with one attached hydrogen (secondary N) is 4. The van der Waals surface area contributed by atoms with Crippen LogP contribution >= 0.6 is 11.8 Å². The van der Waals surface area contributed by atoms with Crippen molar-refractivity contribution in [2.75, 3.05) is 31.6 Å². The number of nitrogens with two attached hydrogens (primary N) is 2. The van der Waals surface area contributed by atoms with Gasteiger partial charge in [-0.05, 0) is 44.1 Å². The molecule has 10 N–H and O–H groups in total. The van der Waals surface area contributed by atoms with Crippen LogP contribution in [-0.4, -0.2) is 118 Å². The van der Waals surface area contributed by atoms with Gasteiger partial charge >= 0.3 is 11.9 Å². The van der Waals surface area contributed by atoms with Gasteiger partial charge in [0.25, 0.3) is 0 Å². The lowest BCUT2D eigenvalue weighted by atomic mass is 10.1. The van der Waals surface area contributed by atoms with Crippen molar-refractivity contribution in [3.8, 4) is 0 Å². The van der Waals surface area contributed by atoms with Crippen LogP contribution in [0.25, 0.3) is 0 Å². The summed E-state index contributed by atoms with van der Waals surface area (Å²) >= 11 is 1.41. The summed E-state index contributed by atoms with van der Waals surface area (Å²) in [5, 5.41) is 27.6. The molecule has 17 nitrogen and oxygen atoms in total. The summed E-state index contributed by atoms with van der Waals surface area (Å²) in [6, 6.07) is -4.64. The van der Waals surface area contributed by atoms with Crippen molar-refractivity contribution < 1.29 is 43.8 Å². The minimum absolute atomic E-state index is 0.0785. The molecule has 1 rings (SSSR count). The van der Waals surface area contributed by atoms with E-state index >= 15 is 0 Å². The number of aliphatic carboxylic acids is 2. The number of likely N-dealkylation sites (tertiary alicyclic amines) is 1. The van der Waals surface area contributed by atoms with Crippen LogP contribution in [0.3, 0.4) is 0 Å². The molecular weight excluding hydrogens is 576 g/mol. The van der Waals surface area contributed by atoms with Gasteiger partial charge in [0.15, 0.2) is 5.96 Å². The highest BCUT2D eigenvalue weighted by Crippen LogP contribution is 2.20. The topological polar surface area (TPSA) is 276 Å². The van der Waals surface area contributed by atoms with Gasteiger partial charge in [0.05, 0.1) is 6.42 Å². The van der Waals surface area contributed by atoms with Crippen LogP contribution in [0.1, 0.15) is 45.4 Å². The Kier molecular flexibility index (Phi) is 15.7. The van der Waals surface area contributed by atoms with Gasteiger partial charge in [-0.25, -0.2) is 0 Å². The van der Waals surface area contributed by atoms with Crippen LogP contribution in [0, 0.1) is 0 Å². The molecule has 0 saturated carbocycles. The van der Waals surface area contributed by atoms with E-state index in [0.29, 0.717) is 12.2 Å². The molecule has 236 valence electrons. The number of carbonyl (C=O) groups is 7. The Hall–Kier alpha value is -4.09. The highest BCUT2D eigenvalue weighted by molar-refractivity contribution is 7.98. The summed E-state index contributed by atoms with van der Waals surface area (Å²) in [6.07, 6.45) is 2.36. The highest BCUT2D eigenvalue weighted by Gasteiger charge is 2.39. The first-order valence-corrected chi connectivity index (χ1v) is 14.6. The highest BCUT2D eigenvalue weighted by atomic mass is 32.2. The number of hydrogen-bond acceptors (Lipinski definition) is 9. The maximum atomic E-state index is 13.6. The van der Waals surface area contributed by atoms with E-state index in [1.165, 1.54) is 16.7 Å². The summed E-state index contributed by atoms with van der Waals surface area (Å²) in [5.74, 6) is -5.74. The van der Waals surface area contributed by atoms with Gasteiger partial charge in [0.2, 0.25) is 29.5 Å². The molecule has 42 heavy (non-hydrogen) atoms. The van der Waals surface area contributed by atoms with E-state index in [1.54, 1.807) is 6.26 Å². The molecule has 1 saturated heterocycles. The van der Waals surface area contributed by atoms with Crippen molar-refractivity contribution in [3.63, 3.8) is 0 Å². The molecule has 0 unspecified atom stereocenters. The number of aliphatic imine (C=N–C) groups is 1. The molecule has 1 fully saturated rings. The zero-order valence-corrected chi connectivity index (χ0v) is 24.4. The molecule has 0 aromatic heterocycles. The number of hydrogen-bond donors (Lipinski definition) is 8. The molecule has 0 bridgehead atoms. The van der Waals surface area contributed by atoms with Crippen LogP contribution in [0.4, 0.5) is 0 Å². The van der Waals surface area contributed by atoms with Gasteiger partial charge in [0.1, 0.15) is 30.7 Å². The fraction of sp³-hybridized carbons (Fsp3) is 0.667. The Morgan fingerprint density at radius 1 is 0.952 bits per heavy atom. The number of thioether (sulfide) groups is 1. The molecule has 0 aliphatic carbocycles. The summed E-state index contributed by atoms with van der Waals surface area (Å²) in [6.45, 7) is 0.813. The van der Waals surface area contributed by atoms with Crippen LogP contribution in [0.5, 0.6) is 0 Å². The molecule has 1 heterocycles. The SMILES string of the molecule is CSCC[C@H](NC(=O)[C@H](CC(=O)O)NC(C)=O)C(=O)N1CCC[C@H]1C(=O)N[C@@H](CCCN=C(N)N)C(=O)NCC(=O)O. The third-order valence-electron chi connectivity index (χ3n) is 6.13. The summed E-state index contributed by atoms with van der Waals surface area (Å²) < 4.78 is 0. The van der Waals surface area contributed by atoms with Crippen molar-refractivity contribution in [3.05, 3.63) is 0 Å². The van der Waals surface area contributed by atoms with Gasteiger partial charge in [-0.3, -0.25) is 38.6 Å². The maximum Gasteiger partial charge on any atom is 0.322 e. The van der Waals surface area contributed by atoms with Crippen molar-refractivity contribution >= 4 is 59.2 Å². The predicted octanol–water partition coefficient (Wildman–Crippen LogP) is -3.07. The van der Waals surface area contributed by atoms with Crippen molar-refractivity contribution in [1.82, 2.24) is 26.2 Å². The number of carboxylic acids is 2. The second-order valence-electron chi connectivity index (χ2n) is 9.50. The lowest BCUT2D eigenvalue weighted by Crippen LogP contribution is -2.58. The summed E-state index contributed by atoms with van der Waals surface area (Å²) in [4.78, 5) is 91.1. The van der Waals surface area contributed by atoms with Crippen LogP contribution < -0.4 is 32.7 Å². The minimum atomic E-state index is -1.41. The third kappa shape index (κ3) is 13.0. The van der Waals surface area contributed by atoms with Gasteiger partial charge in [0, 0.05) is 20.0 Å². The molecule has 0 spiro atoms. The molecule has 1 aliphatic heterocycles. The smallest absolute Gasteiger partial charge is 0.322 e. The fourth-order valence-electron chi connectivity index (χ4n) is 4.22. The lowest BCUT2D eigenvalue weighted by Gasteiger charge is -2.30. The summed E-state index contributed by atoms with van der Waals surface area (Å²) in [7, 11) is 0. The van der Waals surface area contributed by atoms with Crippen LogP contribution in [0.15, 0.2) is 4.99 Å². The van der Waals surface area contributed by atoms with E-state index in [9.17, 15) is 33.6 Å². The van der Waals surface area contributed by atoms with Gasteiger partial charge in [-0.1, -0.05) is 0 Å². The molecule has 18 heteroatoms. The van der Waals surface area contributed by atoms with E-state index in [2.05, 4.69) is 26.3 Å². The van der Waals surface area contributed by atoms with E-state index in [-0.39, 0.29) is 44.7 Å². The monoisotopic (exact) mass is 616 g/mol. The van der Waals surface area contributed by atoms with Gasteiger partial charge in [-0.2, -0.15) is 11.8 Å². The number of carbonyl (C=O) groups excluding carboxylic acids is 5. The zero-order valence-electron chi connectivity index (χ0n) is 23.6. The first kappa shape index (κ1) is 35.9. The Bertz CT molecular complexity index is 1020. The first-order valence-electron chi connectivity index (χ1n) is 13.2. The van der Waals surface area contributed by atoms with Crippen LogP contribution in [0.2, 0.25) is 0 Å². The van der Waals surface area contributed by atoms with Crippen molar-refractivity contribution in [1.29, 1.82) is 0 Å². The largest absolute Gasteiger partial charge is 0.481 e. The molecular formula is C24H40N8O9S. The number of rotatable bonds is 18. The molecule has 4 atom stereocenters. The lowest BCUT2D eigenvalue weighted by molar-refractivity contribution is -0.143. The minimum Gasteiger partial charge on any atom is -0.481 e. The quantitative estimate of drug-likeness (QED) is 0.0433. The molecule has 0 aromatic rings. The standard InChI is InChI=1S/C24H40N8O9S/c1-13(33)29-16(11-18(34)35)21(39)31-15(7-10-42-2)23(41)32-9-4-6-17(32)22(40)30-14(5-3-8-27-24(25)26)20(38)28-12-19(36)37/h14-17H,3-12H2,1-2H3,(H,28,38)(H,29,33)(H,30,40)(H,31,39)(H,34,35)(H,36,37)(H4,25,26,27)/t14-,15-,16-,17-/m0/s1. The molecule has 5 amide bonds. The van der Waals surface area contributed by atoms with Gasteiger partial charge in [-0.15, -0.1) is 0 Å². The second-order valence-corrected chi connectivity index (χ2v) is 10.5. The van der Waals surface area contributed by atoms with E-state index in [0.717, 1.165) is 6.92 Å². The summed E-state index contributed by atoms with van der Waals surface area (Å²) in [5.41, 5.74) is 10.6. The molecule has 1 aliphatic rings. The van der Waals surface area contributed by atoms with Gasteiger partial charge < -0.3 is 47.8 Å². The number of guanidine groups is 1. The Balaban J connectivity index is 3.08. The Morgan fingerprint density at radius 3 is 2.21 bits per heavy atom. The third-order valence-corrected chi connectivity index (χ3v) is 6.77. The van der Waals surface area contributed by atoms with E-state index in [1.807, 2.05) is 0 Å². The average Bonchev–Trinajstić information content (AvgIpc) is 3.40. The van der Waals surface area contributed by atoms with Crippen molar-refractivity contribution in [2.24, 2.45) is 16.5 Å². The zero-order chi connectivity index (χ0) is 31.8.